The number of benzene rings is 3. The molecule has 0 unspecified atom stereocenters. The molecule has 0 radical (unpaired) electrons. The third-order valence-corrected chi connectivity index (χ3v) is 4.49. The maximum Gasteiger partial charge on any atom is 0.342 e. The first-order valence-corrected chi connectivity index (χ1v) is 8.73. The molecule has 3 aromatic carbocycles. The second kappa shape index (κ2) is 7.37. The molecule has 0 fully saturated rings. The number of phenolic OH excluding ortho intramolecular Hbond substituents is 1. The number of fused-ring (bicyclic) bond motifs is 2. The van der Waals surface area contributed by atoms with Crippen molar-refractivity contribution in [1.82, 2.24) is 9.97 Å². The smallest absolute Gasteiger partial charge is 0.342 e. The van der Waals surface area contributed by atoms with E-state index in [0.29, 0.717) is 16.4 Å². The van der Waals surface area contributed by atoms with Crippen molar-refractivity contribution >= 4 is 33.3 Å². The largest absolute Gasteiger partial charge is 0.507 e. The number of nitrogens with one attached hydrogen (secondary N) is 1. The number of H-pyrrole nitrogens is 1. The second-order valence-electron chi connectivity index (χ2n) is 6.30. The lowest BCUT2D eigenvalue weighted by Gasteiger charge is -2.09. The number of aliphatic hydroxyl groups is 1. The minimum atomic E-state index is -0.818. The van der Waals surface area contributed by atoms with E-state index >= 15 is 0 Å². The third-order valence-electron chi connectivity index (χ3n) is 4.49. The molecule has 0 bridgehead atoms. The van der Waals surface area contributed by atoms with Crippen LogP contribution in [0.3, 0.4) is 0 Å². The van der Waals surface area contributed by atoms with E-state index in [4.69, 9.17) is 4.74 Å². The first kappa shape index (κ1) is 18.1. The van der Waals surface area contributed by atoms with Crippen LogP contribution in [0.5, 0.6) is 5.75 Å². The molecule has 0 spiro atoms. The van der Waals surface area contributed by atoms with Crippen LogP contribution in [0.1, 0.15) is 16.2 Å². The summed E-state index contributed by atoms with van der Waals surface area (Å²) in [4.78, 5) is 19.6. The number of esters is 1. The van der Waals surface area contributed by atoms with Gasteiger partial charge in [0.2, 0.25) is 0 Å². The molecule has 4 aromatic rings. The standard InChI is InChI=1S/C22H15N3O4/c23-11-16(21-24-17-7-3-4-8-18(17)25-21)19(26)12-29-22(28)15-10-9-13-5-1-2-6-14(13)20(15)27/h1-10,26-27H,12H2,(H,24,25). The summed E-state index contributed by atoms with van der Waals surface area (Å²) in [7, 11) is 0. The van der Waals surface area contributed by atoms with Gasteiger partial charge in [0, 0.05) is 5.39 Å². The van der Waals surface area contributed by atoms with E-state index in [1.54, 1.807) is 36.4 Å². The lowest BCUT2D eigenvalue weighted by Crippen LogP contribution is -2.09. The van der Waals surface area contributed by atoms with Crippen LogP contribution in [0.2, 0.25) is 0 Å². The molecule has 4 rings (SSSR count). The van der Waals surface area contributed by atoms with Crippen LogP contribution in [-0.2, 0) is 4.74 Å². The molecule has 0 aliphatic carbocycles. The Bertz CT molecular complexity index is 1280. The average Bonchev–Trinajstić information content (AvgIpc) is 3.16. The maximum atomic E-state index is 12.4. The van der Waals surface area contributed by atoms with Gasteiger partial charge in [-0.25, -0.2) is 9.78 Å². The van der Waals surface area contributed by atoms with Crippen molar-refractivity contribution in [2.45, 2.75) is 0 Å². The van der Waals surface area contributed by atoms with Gasteiger partial charge in [-0.15, -0.1) is 0 Å². The number of hydrogen-bond acceptors (Lipinski definition) is 6. The molecule has 0 aliphatic rings. The summed E-state index contributed by atoms with van der Waals surface area (Å²) in [6.45, 7) is -0.537. The van der Waals surface area contributed by atoms with Crippen LogP contribution in [-0.4, -0.2) is 32.8 Å². The quantitative estimate of drug-likeness (QED) is 0.277. The molecule has 1 heterocycles. The minimum Gasteiger partial charge on any atom is -0.507 e. The van der Waals surface area contributed by atoms with E-state index in [9.17, 15) is 20.3 Å². The average molecular weight is 385 g/mol. The van der Waals surface area contributed by atoms with Crippen LogP contribution in [0.15, 0.2) is 66.4 Å². The number of nitrogens with zero attached hydrogens (tertiary/aromatic N) is 2. The molecule has 3 N–H and O–H groups in total. The number of nitriles is 1. The number of phenols is 1. The number of rotatable bonds is 4. The molecule has 29 heavy (non-hydrogen) atoms. The number of aromatic nitrogens is 2. The van der Waals surface area contributed by atoms with Gasteiger partial charge < -0.3 is 19.9 Å². The number of ether oxygens (including phenoxy) is 1. The zero-order chi connectivity index (χ0) is 20.4. The van der Waals surface area contributed by atoms with Crippen molar-refractivity contribution < 1.29 is 19.7 Å². The summed E-state index contributed by atoms with van der Waals surface area (Å²) in [5, 5.41) is 31.3. The number of hydrogen-bond donors (Lipinski definition) is 3. The molecule has 7 nitrogen and oxygen atoms in total. The normalized spacial score (nSPS) is 11.8. The van der Waals surface area contributed by atoms with E-state index in [1.165, 1.54) is 6.07 Å². The SMILES string of the molecule is N#CC(=C(O)COC(=O)c1ccc2ccccc2c1O)c1nc2ccccc2[nH]1. The number of aliphatic hydroxyl groups excluding tert-OH is 1. The molecule has 7 heteroatoms. The Morgan fingerprint density at radius 1 is 1.10 bits per heavy atom. The number of para-hydroxylation sites is 2. The minimum absolute atomic E-state index is 0.0289. The van der Waals surface area contributed by atoms with Crippen LogP contribution in [0.25, 0.3) is 27.4 Å². The molecule has 142 valence electrons. The van der Waals surface area contributed by atoms with Crippen LogP contribution < -0.4 is 0 Å². The summed E-state index contributed by atoms with van der Waals surface area (Å²) in [5.41, 5.74) is 1.19. The van der Waals surface area contributed by atoms with Crippen molar-refractivity contribution in [3.63, 3.8) is 0 Å². The molecule has 0 atom stereocenters. The van der Waals surface area contributed by atoms with Gasteiger partial charge in [-0.3, -0.25) is 0 Å². The highest BCUT2D eigenvalue weighted by atomic mass is 16.5. The van der Waals surface area contributed by atoms with Crippen LogP contribution >= 0.6 is 0 Å². The fourth-order valence-electron chi connectivity index (χ4n) is 3.03. The number of carbonyl (C=O) groups excluding carboxylic acids is 1. The fraction of sp³-hybridized carbons (Fsp3) is 0.0455. The van der Waals surface area contributed by atoms with Gasteiger partial charge in [-0.05, 0) is 23.6 Å². The predicted octanol–water partition coefficient (Wildman–Crippen LogP) is 4.07. The Labute approximate surface area is 165 Å². The van der Waals surface area contributed by atoms with Gasteiger partial charge in [-0.1, -0.05) is 42.5 Å². The highest BCUT2D eigenvalue weighted by Gasteiger charge is 2.18. The maximum absolute atomic E-state index is 12.4. The van der Waals surface area contributed by atoms with E-state index in [-0.39, 0.29) is 22.7 Å². The van der Waals surface area contributed by atoms with Gasteiger partial charge in [0.25, 0.3) is 0 Å². The Balaban J connectivity index is 1.58. The van der Waals surface area contributed by atoms with Crippen molar-refractivity contribution in [1.29, 1.82) is 5.26 Å². The monoisotopic (exact) mass is 385 g/mol. The predicted molar refractivity (Wildman–Crippen MR) is 107 cm³/mol. The Hall–Kier alpha value is -4.31. The third kappa shape index (κ3) is 3.35. The van der Waals surface area contributed by atoms with E-state index in [2.05, 4.69) is 9.97 Å². The number of imidazole rings is 1. The highest BCUT2D eigenvalue weighted by Crippen LogP contribution is 2.29. The Kier molecular flexibility index (Phi) is 4.59. The van der Waals surface area contributed by atoms with E-state index in [1.807, 2.05) is 24.3 Å². The van der Waals surface area contributed by atoms with Gasteiger partial charge in [-0.2, -0.15) is 5.26 Å². The zero-order valence-corrected chi connectivity index (χ0v) is 15.1. The molecule has 0 amide bonds. The second-order valence-corrected chi connectivity index (χ2v) is 6.30. The molecule has 0 saturated heterocycles. The number of aromatic amines is 1. The van der Waals surface area contributed by atoms with Gasteiger partial charge >= 0.3 is 5.97 Å². The molecular formula is C22H15N3O4. The molecule has 1 aromatic heterocycles. The van der Waals surface area contributed by atoms with Crippen molar-refractivity contribution in [2.75, 3.05) is 6.61 Å². The van der Waals surface area contributed by atoms with Crippen molar-refractivity contribution in [2.24, 2.45) is 0 Å². The lowest BCUT2D eigenvalue weighted by atomic mass is 10.1. The molecule has 0 aliphatic heterocycles. The van der Waals surface area contributed by atoms with Gasteiger partial charge in [0.1, 0.15) is 29.6 Å². The number of carbonyl (C=O) groups is 1. The summed E-state index contributed by atoms with van der Waals surface area (Å²) >= 11 is 0. The lowest BCUT2D eigenvalue weighted by molar-refractivity contribution is 0.0500. The highest BCUT2D eigenvalue weighted by molar-refractivity contribution is 6.01. The number of allylic oxidation sites excluding steroid dienone is 1. The molecule has 0 saturated carbocycles. The summed E-state index contributed by atoms with van der Waals surface area (Å²) in [5.74, 6) is -1.29. The van der Waals surface area contributed by atoms with Crippen molar-refractivity contribution in [3.8, 4) is 11.8 Å². The van der Waals surface area contributed by atoms with E-state index < -0.39 is 18.3 Å². The van der Waals surface area contributed by atoms with Crippen LogP contribution in [0.4, 0.5) is 0 Å². The first-order valence-electron chi connectivity index (χ1n) is 8.73. The Morgan fingerprint density at radius 2 is 1.86 bits per heavy atom. The zero-order valence-electron chi connectivity index (χ0n) is 15.1. The summed E-state index contributed by atoms with van der Waals surface area (Å²) < 4.78 is 5.10. The number of aromatic hydroxyl groups is 1. The van der Waals surface area contributed by atoms with Crippen molar-refractivity contribution in [3.05, 3.63) is 77.8 Å². The van der Waals surface area contributed by atoms with Gasteiger partial charge in [0.15, 0.2) is 11.6 Å². The summed E-state index contributed by atoms with van der Waals surface area (Å²) in [6, 6.07) is 19.3. The fourth-order valence-corrected chi connectivity index (χ4v) is 3.03. The van der Waals surface area contributed by atoms with Gasteiger partial charge in [0.05, 0.1) is 11.0 Å². The van der Waals surface area contributed by atoms with E-state index in [0.717, 1.165) is 5.39 Å². The Morgan fingerprint density at radius 3 is 2.66 bits per heavy atom. The molecular weight excluding hydrogens is 370 g/mol. The topological polar surface area (TPSA) is 119 Å². The first-order chi connectivity index (χ1) is 14.1. The summed E-state index contributed by atoms with van der Waals surface area (Å²) in [6.07, 6.45) is 0. The van der Waals surface area contributed by atoms with Crippen LogP contribution in [0, 0.1) is 11.3 Å².